The van der Waals surface area contributed by atoms with Crippen LogP contribution < -0.4 is 4.90 Å². The molecule has 21 heavy (non-hydrogen) atoms. The summed E-state index contributed by atoms with van der Waals surface area (Å²) in [4.78, 5) is 24.0. The van der Waals surface area contributed by atoms with Crippen molar-refractivity contribution in [1.82, 2.24) is 0 Å². The summed E-state index contributed by atoms with van der Waals surface area (Å²) in [6.07, 6.45) is 1.76. The van der Waals surface area contributed by atoms with Crippen LogP contribution in [0.25, 0.3) is 0 Å². The molecule has 114 valence electrons. The fourth-order valence-corrected chi connectivity index (χ4v) is 2.94. The first-order chi connectivity index (χ1) is 9.88. The van der Waals surface area contributed by atoms with E-state index in [1.54, 1.807) is 12.1 Å². The summed E-state index contributed by atoms with van der Waals surface area (Å²) in [5.41, 5.74) is 1.07. The lowest BCUT2D eigenvalue weighted by atomic mass is 9.76. The molecule has 1 aliphatic heterocycles. The molecule has 2 rings (SSSR count). The van der Waals surface area contributed by atoms with Gasteiger partial charge in [0.2, 0.25) is 0 Å². The molecular weight excluding hydrogens is 272 g/mol. The Kier molecular flexibility index (Phi) is 4.16. The normalized spacial score (nSPS) is 17.5. The van der Waals surface area contributed by atoms with Crippen LogP contribution in [0, 0.1) is 22.5 Å². The van der Waals surface area contributed by atoms with Gasteiger partial charge in [-0.05, 0) is 37.8 Å². The average molecular weight is 292 g/mol. The Morgan fingerprint density at radius 1 is 1.38 bits per heavy atom. The third kappa shape index (κ3) is 2.99. The Morgan fingerprint density at radius 3 is 2.48 bits per heavy atom. The number of carboxylic acids is 1. The van der Waals surface area contributed by atoms with Gasteiger partial charge in [0.15, 0.2) is 0 Å². The SMILES string of the molecule is CCC1(C(=O)O)CCN(c2cc(C)cc([N+](=O)[O-])c2)CC1. The van der Waals surface area contributed by atoms with Crippen LogP contribution >= 0.6 is 0 Å². The standard InChI is InChI=1S/C15H20N2O4/c1-3-15(14(18)19)4-6-16(7-5-15)12-8-11(2)9-13(10-12)17(20)21/h8-10H,3-7H2,1-2H3,(H,18,19). The monoisotopic (exact) mass is 292 g/mol. The van der Waals surface area contributed by atoms with Gasteiger partial charge in [-0.25, -0.2) is 0 Å². The molecule has 0 spiro atoms. The van der Waals surface area contributed by atoms with E-state index in [0.717, 1.165) is 11.3 Å². The van der Waals surface area contributed by atoms with Crippen molar-refractivity contribution in [2.45, 2.75) is 33.1 Å². The van der Waals surface area contributed by atoms with Crippen LogP contribution in [0.1, 0.15) is 31.7 Å². The van der Waals surface area contributed by atoms with Gasteiger partial charge in [0.1, 0.15) is 0 Å². The number of aryl methyl sites for hydroxylation is 1. The lowest BCUT2D eigenvalue weighted by Crippen LogP contribution is -2.44. The third-order valence-corrected chi connectivity index (χ3v) is 4.47. The minimum absolute atomic E-state index is 0.0792. The van der Waals surface area contributed by atoms with Crippen LogP contribution in [-0.2, 0) is 4.79 Å². The molecule has 0 unspecified atom stereocenters. The van der Waals surface area contributed by atoms with E-state index in [-0.39, 0.29) is 5.69 Å². The quantitative estimate of drug-likeness (QED) is 0.681. The van der Waals surface area contributed by atoms with Gasteiger partial charge in [0.05, 0.1) is 10.3 Å². The highest BCUT2D eigenvalue weighted by Gasteiger charge is 2.40. The van der Waals surface area contributed by atoms with Crippen molar-refractivity contribution in [3.63, 3.8) is 0 Å². The van der Waals surface area contributed by atoms with Crippen molar-refractivity contribution in [3.8, 4) is 0 Å². The van der Waals surface area contributed by atoms with Gasteiger partial charge in [0, 0.05) is 30.9 Å². The fourth-order valence-electron chi connectivity index (χ4n) is 2.94. The molecular formula is C15H20N2O4. The second-order valence-electron chi connectivity index (χ2n) is 5.71. The third-order valence-electron chi connectivity index (χ3n) is 4.47. The second-order valence-corrected chi connectivity index (χ2v) is 5.71. The van der Waals surface area contributed by atoms with Crippen LogP contribution in [0.2, 0.25) is 0 Å². The number of carbonyl (C=O) groups is 1. The summed E-state index contributed by atoms with van der Waals surface area (Å²) in [6, 6.07) is 5.01. The number of nitro benzene ring substituents is 1. The summed E-state index contributed by atoms with van der Waals surface area (Å²) < 4.78 is 0. The molecule has 0 atom stereocenters. The molecule has 1 aromatic carbocycles. The number of anilines is 1. The summed E-state index contributed by atoms with van der Waals surface area (Å²) in [6.45, 7) is 4.96. The smallest absolute Gasteiger partial charge is 0.309 e. The van der Waals surface area contributed by atoms with Crippen LogP contribution in [-0.4, -0.2) is 29.1 Å². The van der Waals surface area contributed by atoms with Crippen LogP contribution in [0.15, 0.2) is 18.2 Å². The molecule has 0 amide bonds. The number of hydrogen-bond donors (Lipinski definition) is 1. The molecule has 1 saturated heterocycles. The van der Waals surface area contributed by atoms with Crippen LogP contribution in [0.5, 0.6) is 0 Å². The van der Waals surface area contributed by atoms with E-state index < -0.39 is 16.3 Å². The zero-order chi connectivity index (χ0) is 15.6. The van der Waals surface area contributed by atoms with Crippen molar-refractivity contribution < 1.29 is 14.8 Å². The highest BCUT2D eigenvalue weighted by molar-refractivity contribution is 5.75. The van der Waals surface area contributed by atoms with E-state index >= 15 is 0 Å². The molecule has 1 aliphatic rings. The van der Waals surface area contributed by atoms with Gasteiger partial charge in [-0.1, -0.05) is 6.92 Å². The Bertz CT molecular complexity index is 563. The minimum Gasteiger partial charge on any atom is -0.481 e. The first-order valence-corrected chi connectivity index (χ1v) is 7.12. The highest BCUT2D eigenvalue weighted by Crippen LogP contribution is 2.37. The average Bonchev–Trinajstić information content (AvgIpc) is 2.46. The number of carboxylic acid groups (broad SMARTS) is 1. The molecule has 0 radical (unpaired) electrons. The second kappa shape index (κ2) is 5.71. The van der Waals surface area contributed by atoms with Gasteiger partial charge >= 0.3 is 5.97 Å². The Balaban J connectivity index is 2.19. The number of piperidine rings is 1. The number of benzene rings is 1. The van der Waals surface area contributed by atoms with E-state index in [1.165, 1.54) is 0 Å². The van der Waals surface area contributed by atoms with Crippen LogP contribution in [0.4, 0.5) is 11.4 Å². The summed E-state index contributed by atoms with van der Waals surface area (Å²) in [5.74, 6) is -0.736. The molecule has 6 nitrogen and oxygen atoms in total. The summed E-state index contributed by atoms with van der Waals surface area (Å²) >= 11 is 0. The Morgan fingerprint density at radius 2 is 2.00 bits per heavy atom. The zero-order valence-corrected chi connectivity index (χ0v) is 12.3. The Hall–Kier alpha value is -2.11. The molecule has 1 fully saturated rings. The summed E-state index contributed by atoms with van der Waals surface area (Å²) in [7, 11) is 0. The lowest BCUT2D eigenvalue weighted by molar-refractivity contribution is -0.384. The molecule has 1 N–H and O–H groups in total. The molecule has 0 aromatic heterocycles. The van der Waals surface area contributed by atoms with E-state index in [9.17, 15) is 20.0 Å². The van der Waals surface area contributed by atoms with Crippen molar-refractivity contribution in [1.29, 1.82) is 0 Å². The number of non-ortho nitro benzene ring substituents is 1. The van der Waals surface area contributed by atoms with Crippen molar-refractivity contribution in [2.75, 3.05) is 18.0 Å². The van der Waals surface area contributed by atoms with E-state index in [1.807, 2.05) is 24.8 Å². The van der Waals surface area contributed by atoms with Gasteiger partial charge in [-0.15, -0.1) is 0 Å². The maximum atomic E-state index is 11.4. The van der Waals surface area contributed by atoms with Crippen molar-refractivity contribution in [2.24, 2.45) is 5.41 Å². The van der Waals surface area contributed by atoms with E-state index in [0.29, 0.717) is 32.4 Å². The first kappa shape index (κ1) is 15.3. The van der Waals surface area contributed by atoms with E-state index in [2.05, 4.69) is 0 Å². The van der Waals surface area contributed by atoms with Crippen molar-refractivity contribution in [3.05, 3.63) is 33.9 Å². The zero-order valence-electron chi connectivity index (χ0n) is 12.3. The highest BCUT2D eigenvalue weighted by atomic mass is 16.6. The fraction of sp³-hybridized carbons (Fsp3) is 0.533. The molecule has 0 saturated carbocycles. The van der Waals surface area contributed by atoms with Gasteiger partial charge in [-0.2, -0.15) is 0 Å². The van der Waals surface area contributed by atoms with Crippen LogP contribution in [0.3, 0.4) is 0 Å². The number of nitro groups is 1. The molecule has 0 bridgehead atoms. The van der Waals surface area contributed by atoms with Gasteiger partial charge in [0.25, 0.3) is 5.69 Å². The topological polar surface area (TPSA) is 83.7 Å². The molecule has 1 heterocycles. The maximum absolute atomic E-state index is 11.4. The number of aliphatic carboxylic acids is 1. The summed E-state index contributed by atoms with van der Waals surface area (Å²) in [5, 5.41) is 20.3. The number of nitrogens with zero attached hydrogens (tertiary/aromatic N) is 2. The molecule has 0 aliphatic carbocycles. The maximum Gasteiger partial charge on any atom is 0.309 e. The van der Waals surface area contributed by atoms with Gasteiger partial charge < -0.3 is 10.0 Å². The predicted molar refractivity (Wildman–Crippen MR) is 79.6 cm³/mol. The Labute approximate surface area is 123 Å². The first-order valence-electron chi connectivity index (χ1n) is 7.12. The minimum atomic E-state index is -0.736. The van der Waals surface area contributed by atoms with Crippen molar-refractivity contribution >= 4 is 17.3 Å². The molecule has 6 heteroatoms. The number of rotatable bonds is 4. The predicted octanol–water partition coefficient (Wildman–Crippen LogP) is 2.98. The van der Waals surface area contributed by atoms with Gasteiger partial charge in [-0.3, -0.25) is 14.9 Å². The molecule has 1 aromatic rings. The van der Waals surface area contributed by atoms with E-state index in [4.69, 9.17) is 0 Å². The largest absolute Gasteiger partial charge is 0.481 e. The lowest BCUT2D eigenvalue weighted by Gasteiger charge is -2.39. The number of hydrogen-bond acceptors (Lipinski definition) is 4.